The van der Waals surface area contributed by atoms with Gasteiger partial charge in [0.25, 0.3) is 5.91 Å². The number of hydrogen-bond donors (Lipinski definition) is 1. The summed E-state index contributed by atoms with van der Waals surface area (Å²) in [4.78, 5) is 17.4. The summed E-state index contributed by atoms with van der Waals surface area (Å²) in [7, 11) is 1.60. The van der Waals surface area contributed by atoms with Crippen LogP contribution < -0.4 is 15.0 Å². The maximum Gasteiger partial charge on any atom is 0.255 e. The van der Waals surface area contributed by atoms with Gasteiger partial charge in [-0.1, -0.05) is 30.3 Å². The highest BCUT2D eigenvalue weighted by Crippen LogP contribution is 2.26. The number of halogens is 1. The van der Waals surface area contributed by atoms with Gasteiger partial charge < -0.3 is 15.0 Å². The van der Waals surface area contributed by atoms with Gasteiger partial charge in [-0.05, 0) is 64.0 Å². The third-order valence-corrected chi connectivity index (χ3v) is 6.15. The molecule has 0 spiro atoms. The highest BCUT2D eigenvalue weighted by atomic mass is 79.9. The molecule has 160 valence electrons. The fraction of sp³-hybridized carbons (Fsp3) is 0.240. The Labute approximate surface area is 191 Å². The van der Waals surface area contributed by atoms with Gasteiger partial charge in [0.1, 0.15) is 5.75 Å². The molecule has 0 bridgehead atoms. The summed E-state index contributed by atoms with van der Waals surface area (Å²) in [6.07, 6.45) is 0. The Morgan fingerprint density at radius 2 is 1.68 bits per heavy atom. The standard InChI is InChI=1S/C25H26BrN3O2/c1-31-24-12-7-20(17-23(24)26)25(30)27-21-8-10-22(11-9-21)29-15-13-28(14-16-29)18-19-5-3-2-4-6-19/h2-12,17H,13-16,18H2,1H3,(H,27,30). The molecule has 0 aliphatic carbocycles. The molecule has 1 fully saturated rings. The predicted molar refractivity (Wildman–Crippen MR) is 129 cm³/mol. The number of methoxy groups -OCH3 is 1. The third-order valence-electron chi connectivity index (χ3n) is 5.53. The molecular formula is C25H26BrN3O2. The van der Waals surface area contributed by atoms with Crippen LogP contribution in [0.1, 0.15) is 15.9 Å². The Balaban J connectivity index is 1.31. The lowest BCUT2D eigenvalue weighted by atomic mass is 10.1. The Morgan fingerprint density at radius 3 is 2.32 bits per heavy atom. The van der Waals surface area contributed by atoms with Crippen LogP contribution in [0.25, 0.3) is 0 Å². The summed E-state index contributed by atoms with van der Waals surface area (Å²) >= 11 is 3.42. The van der Waals surface area contributed by atoms with Crippen LogP contribution in [0.15, 0.2) is 77.3 Å². The van der Waals surface area contributed by atoms with E-state index in [2.05, 4.69) is 73.5 Å². The SMILES string of the molecule is COc1ccc(C(=O)Nc2ccc(N3CCN(Cc4ccccc4)CC3)cc2)cc1Br. The van der Waals surface area contributed by atoms with Crippen LogP contribution in [0.2, 0.25) is 0 Å². The van der Waals surface area contributed by atoms with Gasteiger partial charge in [0.15, 0.2) is 0 Å². The Hall–Kier alpha value is -2.83. The summed E-state index contributed by atoms with van der Waals surface area (Å²) in [6, 6.07) is 24.0. The van der Waals surface area contributed by atoms with Gasteiger partial charge in [0, 0.05) is 49.7 Å². The van der Waals surface area contributed by atoms with Crippen LogP contribution in [0.4, 0.5) is 11.4 Å². The number of rotatable bonds is 6. The quantitative estimate of drug-likeness (QED) is 0.538. The normalized spacial score (nSPS) is 14.3. The maximum atomic E-state index is 12.5. The second-order valence-corrected chi connectivity index (χ2v) is 8.45. The highest BCUT2D eigenvalue weighted by Gasteiger charge is 2.17. The minimum Gasteiger partial charge on any atom is -0.496 e. The summed E-state index contributed by atoms with van der Waals surface area (Å²) in [5, 5.41) is 2.96. The molecule has 1 aliphatic heterocycles. The molecule has 1 aliphatic rings. The van der Waals surface area contributed by atoms with Crippen molar-refractivity contribution in [2.75, 3.05) is 43.5 Å². The number of hydrogen-bond acceptors (Lipinski definition) is 4. The van der Waals surface area contributed by atoms with Gasteiger partial charge in [-0.15, -0.1) is 0 Å². The van der Waals surface area contributed by atoms with Crippen LogP contribution in [0.3, 0.4) is 0 Å². The molecule has 4 rings (SSSR count). The van der Waals surface area contributed by atoms with E-state index < -0.39 is 0 Å². The number of amides is 1. The van der Waals surface area contributed by atoms with Gasteiger partial charge >= 0.3 is 0 Å². The first-order valence-corrected chi connectivity index (χ1v) is 11.2. The fourth-order valence-corrected chi connectivity index (χ4v) is 4.31. The van der Waals surface area contributed by atoms with Crippen LogP contribution in [0, 0.1) is 0 Å². The van der Waals surface area contributed by atoms with Crippen molar-refractivity contribution in [3.8, 4) is 5.75 Å². The van der Waals surface area contributed by atoms with Gasteiger partial charge in [-0.25, -0.2) is 0 Å². The van der Waals surface area contributed by atoms with Gasteiger partial charge in [0.2, 0.25) is 0 Å². The number of carbonyl (C=O) groups is 1. The monoisotopic (exact) mass is 479 g/mol. The molecule has 1 saturated heterocycles. The summed E-state index contributed by atoms with van der Waals surface area (Å²) in [6.45, 7) is 5.08. The molecule has 0 aromatic heterocycles. The Bertz CT molecular complexity index is 1020. The number of ether oxygens (including phenoxy) is 1. The van der Waals surface area contributed by atoms with E-state index in [1.54, 1.807) is 25.3 Å². The van der Waals surface area contributed by atoms with E-state index in [-0.39, 0.29) is 5.91 Å². The summed E-state index contributed by atoms with van der Waals surface area (Å²) in [5.41, 5.74) is 3.90. The number of benzene rings is 3. The van der Waals surface area contributed by atoms with Crippen molar-refractivity contribution in [2.45, 2.75) is 6.54 Å². The van der Waals surface area contributed by atoms with Crippen LogP contribution >= 0.6 is 15.9 Å². The summed E-state index contributed by atoms with van der Waals surface area (Å²) in [5.74, 6) is 0.551. The molecule has 0 radical (unpaired) electrons. The Morgan fingerprint density at radius 1 is 0.968 bits per heavy atom. The third kappa shape index (κ3) is 5.46. The number of piperazine rings is 1. The largest absolute Gasteiger partial charge is 0.496 e. The van der Waals surface area contributed by atoms with Gasteiger partial charge in [-0.3, -0.25) is 9.69 Å². The second kappa shape index (κ2) is 9.98. The molecule has 0 unspecified atom stereocenters. The van der Waals surface area contributed by atoms with E-state index in [0.29, 0.717) is 11.3 Å². The van der Waals surface area contributed by atoms with Crippen molar-refractivity contribution in [3.05, 3.63) is 88.4 Å². The average Bonchev–Trinajstić information content (AvgIpc) is 2.81. The van der Waals surface area contributed by atoms with E-state index in [1.165, 1.54) is 11.3 Å². The van der Waals surface area contributed by atoms with Crippen molar-refractivity contribution in [3.63, 3.8) is 0 Å². The zero-order chi connectivity index (χ0) is 21.6. The lowest BCUT2D eigenvalue weighted by Gasteiger charge is -2.36. The van der Waals surface area contributed by atoms with E-state index >= 15 is 0 Å². The maximum absolute atomic E-state index is 12.5. The van der Waals surface area contributed by atoms with E-state index in [0.717, 1.165) is 42.9 Å². The molecule has 1 amide bonds. The zero-order valence-electron chi connectivity index (χ0n) is 17.6. The number of anilines is 2. The van der Waals surface area contributed by atoms with Crippen molar-refractivity contribution < 1.29 is 9.53 Å². The highest BCUT2D eigenvalue weighted by molar-refractivity contribution is 9.10. The van der Waals surface area contributed by atoms with Crippen molar-refractivity contribution in [2.24, 2.45) is 0 Å². The first kappa shape index (κ1) is 21.4. The van der Waals surface area contributed by atoms with Crippen LogP contribution in [-0.2, 0) is 6.54 Å². The second-order valence-electron chi connectivity index (χ2n) is 7.60. The van der Waals surface area contributed by atoms with Crippen LogP contribution in [0.5, 0.6) is 5.75 Å². The first-order chi connectivity index (χ1) is 15.1. The van der Waals surface area contributed by atoms with E-state index in [4.69, 9.17) is 4.74 Å². The van der Waals surface area contributed by atoms with E-state index in [9.17, 15) is 4.79 Å². The molecule has 0 saturated carbocycles. The Kier molecular flexibility index (Phi) is 6.89. The number of nitrogens with zero attached hydrogens (tertiary/aromatic N) is 2. The number of nitrogens with one attached hydrogen (secondary N) is 1. The van der Waals surface area contributed by atoms with Crippen LogP contribution in [-0.4, -0.2) is 44.1 Å². The molecule has 1 N–H and O–H groups in total. The summed E-state index contributed by atoms with van der Waals surface area (Å²) < 4.78 is 5.97. The minimum absolute atomic E-state index is 0.148. The fourth-order valence-electron chi connectivity index (χ4n) is 3.77. The topological polar surface area (TPSA) is 44.8 Å². The van der Waals surface area contributed by atoms with Crippen molar-refractivity contribution in [1.29, 1.82) is 0 Å². The molecular weight excluding hydrogens is 454 g/mol. The average molecular weight is 480 g/mol. The van der Waals surface area contributed by atoms with Crippen molar-refractivity contribution in [1.82, 2.24) is 4.90 Å². The lowest BCUT2D eigenvalue weighted by Crippen LogP contribution is -2.45. The molecule has 0 atom stereocenters. The molecule has 31 heavy (non-hydrogen) atoms. The zero-order valence-corrected chi connectivity index (χ0v) is 19.1. The molecule has 6 heteroatoms. The first-order valence-electron chi connectivity index (χ1n) is 10.4. The predicted octanol–water partition coefficient (Wildman–Crippen LogP) is 5.03. The lowest BCUT2D eigenvalue weighted by molar-refractivity contribution is 0.102. The van der Waals surface area contributed by atoms with Crippen molar-refractivity contribution >= 4 is 33.2 Å². The smallest absolute Gasteiger partial charge is 0.255 e. The number of carbonyl (C=O) groups excluding carboxylic acids is 1. The molecule has 1 heterocycles. The molecule has 3 aromatic carbocycles. The van der Waals surface area contributed by atoms with E-state index in [1.807, 2.05) is 12.1 Å². The molecule has 5 nitrogen and oxygen atoms in total. The van der Waals surface area contributed by atoms with Gasteiger partial charge in [-0.2, -0.15) is 0 Å². The molecule has 3 aromatic rings. The van der Waals surface area contributed by atoms with Gasteiger partial charge in [0.05, 0.1) is 11.6 Å². The minimum atomic E-state index is -0.148.